The number of aliphatic hydroxyl groups is 1. The molecular formula is C14H23NO2S. The Morgan fingerprint density at radius 3 is 2.72 bits per heavy atom. The molecule has 3 fully saturated rings. The minimum absolute atomic E-state index is 0.188. The Morgan fingerprint density at radius 1 is 1.22 bits per heavy atom. The molecule has 102 valence electrons. The first-order chi connectivity index (χ1) is 8.74. The fraction of sp³-hybridized carbons (Fsp3) is 0.929. The molecule has 2 heterocycles. The van der Waals surface area contributed by atoms with E-state index in [2.05, 4.69) is 0 Å². The SMILES string of the molecule is O=C(CC1CCCCC1)N1CC2SCC(O)C2C1. The normalized spacial score (nSPS) is 36.9. The first-order valence-electron chi connectivity index (χ1n) is 7.31. The zero-order valence-corrected chi connectivity index (χ0v) is 11.7. The molecule has 2 saturated heterocycles. The van der Waals surface area contributed by atoms with E-state index in [-0.39, 0.29) is 6.10 Å². The molecule has 1 amide bonds. The van der Waals surface area contributed by atoms with Gasteiger partial charge in [0.1, 0.15) is 0 Å². The van der Waals surface area contributed by atoms with E-state index in [1.54, 1.807) is 0 Å². The summed E-state index contributed by atoms with van der Waals surface area (Å²) in [6.07, 6.45) is 7.00. The van der Waals surface area contributed by atoms with E-state index in [1.807, 2.05) is 16.7 Å². The van der Waals surface area contributed by atoms with Crippen molar-refractivity contribution in [1.29, 1.82) is 0 Å². The standard InChI is InChI=1S/C14H23NO2S/c16-12-9-18-13-8-15(7-11(12)13)14(17)6-10-4-2-1-3-5-10/h10-13,16H,1-9H2. The minimum atomic E-state index is -0.188. The molecule has 0 aromatic rings. The Balaban J connectivity index is 1.51. The number of thioether (sulfide) groups is 1. The van der Waals surface area contributed by atoms with Gasteiger partial charge in [-0.2, -0.15) is 11.8 Å². The summed E-state index contributed by atoms with van der Waals surface area (Å²) in [6.45, 7) is 1.67. The zero-order valence-electron chi connectivity index (χ0n) is 10.9. The fourth-order valence-corrected chi connectivity index (χ4v) is 5.15. The summed E-state index contributed by atoms with van der Waals surface area (Å²) in [5.41, 5.74) is 0. The van der Waals surface area contributed by atoms with Crippen molar-refractivity contribution >= 4 is 17.7 Å². The highest BCUT2D eigenvalue weighted by molar-refractivity contribution is 8.00. The topological polar surface area (TPSA) is 40.5 Å². The molecule has 1 aliphatic carbocycles. The van der Waals surface area contributed by atoms with Crippen LogP contribution < -0.4 is 0 Å². The molecule has 4 heteroatoms. The molecule has 0 radical (unpaired) electrons. The number of aliphatic hydroxyl groups excluding tert-OH is 1. The van der Waals surface area contributed by atoms with Gasteiger partial charge in [-0.3, -0.25) is 4.79 Å². The number of carbonyl (C=O) groups excluding carboxylic acids is 1. The molecule has 2 aliphatic heterocycles. The Morgan fingerprint density at radius 2 is 2.00 bits per heavy atom. The molecule has 1 N–H and O–H groups in total. The summed E-state index contributed by atoms with van der Waals surface area (Å²) < 4.78 is 0. The first kappa shape index (κ1) is 12.8. The second kappa shape index (κ2) is 5.41. The second-order valence-corrected chi connectivity index (χ2v) is 7.38. The molecule has 0 spiro atoms. The largest absolute Gasteiger partial charge is 0.392 e. The Labute approximate surface area is 113 Å². The molecule has 3 atom stereocenters. The quantitative estimate of drug-likeness (QED) is 0.832. The molecule has 18 heavy (non-hydrogen) atoms. The smallest absolute Gasteiger partial charge is 0.222 e. The lowest BCUT2D eigenvalue weighted by Crippen LogP contribution is -2.33. The summed E-state index contributed by atoms with van der Waals surface area (Å²) in [7, 11) is 0. The third-order valence-corrected chi connectivity index (χ3v) is 6.29. The number of carbonyl (C=O) groups is 1. The number of nitrogens with zero attached hydrogens (tertiary/aromatic N) is 1. The number of fused-ring (bicyclic) bond motifs is 1. The van der Waals surface area contributed by atoms with Gasteiger partial charge in [-0.25, -0.2) is 0 Å². The molecule has 0 aromatic carbocycles. The van der Waals surface area contributed by atoms with Crippen molar-refractivity contribution in [3.63, 3.8) is 0 Å². The van der Waals surface area contributed by atoms with Crippen molar-refractivity contribution in [2.24, 2.45) is 11.8 Å². The van der Waals surface area contributed by atoms with Gasteiger partial charge in [0.25, 0.3) is 0 Å². The number of hydrogen-bond donors (Lipinski definition) is 1. The molecule has 3 aliphatic rings. The van der Waals surface area contributed by atoms with E-state index < -0.39 is 0 Å². The number of rotatable bonds is 2. The summed E-state index contributed by atoms with van der Waals surface area (Å²) in [5, 5.41) is 10.4. The molecule has 0 aromatic heterocycles. The van der Waals surface area contributed by atoms with Gasteiger partial charge in [0.15, 0.2) is 0 Å². The lowest BCUT2D eigenvalue weighted by atomic mass is 9.87. The van der Waals surface area contributed by atoms with Crippen LogP contribution in [0.3, 0.4) is 0 Å². The van der Waals surface area contributed by atoms with Crippen molar-refractivity contribution in [3.05, 3.63) is 0 Å². The highest BCUT2D eigenvalue weighted by Crippen LogP contribution is 2.38. The number of amides is 1. The van der Waals surface area contributed by atoms with E-state index in [0.29, 0.717) is 23.0 Å². The van der Waals surface area contributed by atoms with Crippen LogP contribution in [-0.2, 0) is 4.79 Å². The molecule has 1 saturated carbocycles. The Kier molecular flexibility index (Phi) is 3.85. The molecule has 3 unspecified atom stereocenters. The maximum Gasteiger partial charge on any atom is 0.222 e. The molecule has 0 bridgehead atoms. The first-order valence-corrected chi connectivity index (χ1v) is 8.36. The third kappa shape index (κ3) is 2.55. The second-order valence-electron chi connectivity index (χ2n) is 6.11. The molecule has 3 rings (SSSR count). The van der Waals surface area contributed by atoms with Gasteiger partial charge in [0.2, 0.25) is 5.91 Å². The van der Waals surface area contributed by atoms with Crippen molar-refractivity contribution in [2.75, 3.05) is 18.8 Å². The van der Waals surface area contributed by atoms with Crippen LogP contribution in [0.5, 0.6) is 0 Å². The van der Waals surface area contributed by atoms with Crippen molar-refractivity contribution < 1.29 is 9.90 Å². The van der Waals surface area contributed by atoms with Gasteiger partial charge < -0.3 is 10.0 Å². The van der Waals surface area contributed by atoms with Crippen LogP contribution in [0.1, 0.15) is 38.5 Å². The van der Waals surface area contributed by atoms with Crippen molar-refractivity contribution in [1.82, 2.24) is 4.90 Å². The minimum Gasteiger partial charge on any atom is -0.392 e. The average Bonchev–Trinajstić information content (AvgIpc) is 2.93. The van der Waals surface area contributed by atoms with Crippen LogP contribution in [-0.4, -0.2) is 46.1 Å². The monoisotopic (exact) mass is 269 g/mol. The van der Waals surface area contributed by atoms with Crippen molar-refractivity contribution in [2.45, 2.75) is 49.9 Å². The van der Waals surface area contributed by atoms with Gasteiger partial charge in [0.05, 0.1) is 6.10 Å². The van der Waals surface area contributed by atoms with Crippen LogP contribution in [0, 0.1) is 11.8 Å². The summed E-state index contributed by atoms with van der Waals surface area (Å²) >= 11 is 1.84. The van der Waals surface area contributed by atoms with E-state index >= 15 is 0 Å². The van der Waals surface area contributed by atoms with E-state index in [1.165, 1.54) is 32.1 Å². The Bertz CT molecular complexity index is 317. The summed E-state index contributed by atoms with van der Waals surface area (Å²) in [4.78, 5) is 14.3. The van der Waals surface area contributed by atoms with E-state index in [9.17, 15) is 9.90 Å². The fourth-order valence-electron chi connectivity index (χ4n) is 3.66. The van der Waals surface area contributed by atoms with Crippen LogP contribution in [0.25, 0.3) is 0 Å². The predicted molar refractivity (Wildman–Crippen MR) is 73.5 cm³/mol. The predicted octanol–water partition coefficient (Wildman–Crippen LogP) is 1.89. The van der Waals surface area contributed by atoms with Gasteiger partial charge in [-0.1, -0.05) is 19.3 Å². The lowest BCUT2D eigenvalue weighted by molar-refractivity contribution is -0.131. The van der Waals surface area contributed by atoms with Crippen LogP contribution in [0.2, 0.25) is 0 Å². The lowest BCUT2D eigenvalue weighted by Gasteiger charge is -2.24. The van der Waals surface area contributed by atoms with Gasteiger partial charge >= 0.3 is 0 Å². The summed E-state index contributed by atoms with van der Waals surface area (Å²) in [6, 6.07) is 0. The van der Waals surface area contributed by atoms with Crippen LogP contribution in [0.4, 0.5) is 0 Å². The van der Waals surface area contributed by atoms with E-state index in [0.717, 1.165) is 25.3 Å². The van der Waals surface area contributed by atoms with Crippen LogP contribution in [0.15, 0.2) is 0 Å². The maximum atomic E-state index is 12.3. The number of likely N-dealkylation sites (tertiary alicyclic amines) is 1. The maximum absolute atomic E-state index is 12.3. The average molecular weight is 269 g/mol. The van der Waals surface area contributed by atoms with Gasteiger partial charge in [0, 0.05) is 36.4 Å². The van der Waals surface area contributed by atoms with E-state index in [4.69, 9.17) is 0 Å². The van der Waals surface area contributed by atoms with Gasteiger partial charge in [-0.15, -0.1) is 0 Å². The van der Waals surface area contributed by atoms with Crippen molar-refractivity contribution in [3.8, 4) is 0 Å². The molecular weight excluding hydrogens is 246 g/mol. The number of hydrogen-bond acceptors (Lipinski definition) is 3. The molecule has 3 nitrogen and oxygen atoms in total. The highest BCUT2D eigenvalue weighted by Gasteiger charge is 2.44. The van der Waals surface area contributed by atoms with Crippen LogP contribution >= 0.6 is 11.8 Å². The highest BCUT2D eigenvalue weighted by atomic mass is 32.2. The Hall–Kier alpha value is -0.220. The van der Waals surface area contributed by atoms with Gasteiger partial charge in [-0.05, 0) is 18.8 Å². The zero-order chi connectivity index (χ0) is 12.5. The summed E-state index contributed by atoms with van der Waals surface area (Å²) in [5.74, 6) is 2.17. The third-order valence-electron chi connectivity index (χ3n) is 4.83.